The molecule has 0 aliphatic rings. The smallest absolute Gasteiger partial charge is 0.283 e. The Morgan fingerprint density at radius 1 is 1.05 bits per heavy atom. The fourth-order valence-electron chi connectivity index (χ4n) is 2.37. The highest BCUT2D eigenvalue weighted by Gasteiger charge is 2.23. The highest BCUT2D eigenvalue weighted by atomic mass is 16.6. The van der Waals surface area contributed by atoms with E-state index in [0.29, 0.717) is 11.1 Å². The highest BCUT2D eigenvalue weighted by Crippen LogP contribution is 2.41. The van der Waals surface area contributed by atoms with Crippen LogP contribution in [0, 0.1) is 17.0 Å². The zero-order chi connectivity index (χ0) is 16.0. The van der Waals surface area contributed by atoms with Gasteiger partial charge < -0.3 is 19.7 Å². The zero-order valence-electron chi connectivity index (χ0n) is 11.4. The van der Waals surface area contributed by atoms with Gasteiger partial charge in [0.15, 0.2) is 22.8 Å². The van der Waals surface area contributed by atoms with Crippen LogP contribution >= 0.6 is 0 Å². The number of phenols is 3. The van der Waals surface area contributed by atoms with Gasteiger partial charge in [-0.15, -0.1) is 0 Å². The van der Waals surface area contributed by atoms with Gasteiger partial charge in [-0.3, -0.25) is 10.1 Å². The predicted molar refractivity (Wildman–Crippen MR) is 78.0 cm³/mol. The molecule has 7 nitrogen and oxygen atoms in total. The van der Waals surface area contributed by atoms with E-state index in [1.807, 2.05) is 0 Å². The first-order valence-corrected chi connectivity index (χ1v) is 6.31. The summed E-state index contributed by atoms with van der Waals surface area (Å²) in [5.74, 6) is -0.598. The maximum absolute atomic E-state index is 11.2. The van der Waals surface area contributed by atoms with Crippen LogP contribution in [0.2, 0.25) is 0 Å². The van der Waals surface area contributed by atoms with Crippen molar-refractivity contribution in [3.05, 3.63) is 46.0 Å². The van der Waals surface area contributed by atoms with Gasteiger partial charge >= 0.3 is 0 Å². The lowest BCUT2D eigenvalue weighted by molar-refractivity contribution is -0.383. The number of nitrogens with zero attached hydrogens (tertiary/aromatic N) is 1. The molecular weight excluding hydrogens is 290 g/mol. The van der Waals surface area contributed by atoms with Gasteiger partial charge in [0.1, 0.15) is 11.1 Å². The molecule has 3 N–H and O–H groups in total. The SMILES string of the molecule is Cc1cc(O)c2oc(-c3ccc(O)c(O)c3)cc2c1[N+](=O)[O-]. The van der Waals surface area contributed by atoms with Gasteiger partial charge in [-0.05, 0) is 37.3 Å². The number of benzene rings is 2. The summed E-state index contributed by atoms with van der Waals surface area (Å²) in [5, 5.41) is 40.1. The Labute approximate surface area is 123 Å². The van der Waals surface area contributed by atoms with Crippen molar-refractivity contribution in [2.45, 2.75) is 6.92 Å². The number of furan rings is 1. The van der Waals surface area contributed by atoms with Crippen LogP contribution < -0.4 is 0 Å². The van der Waals surface area contributed by atoms with Crippen molar-refractivity contribution < 1.29 is 24.7 Å². The van der Waals surface area contributed by atoms with Crippen LogP contribution in [0.5, 0.6) is 17.2 Å². The van der Waals surface area contributed by atoms with Crippen LogP contribution in [0.3, 0.4) is 0 Å². The second-order valence-corrected chi connectivity index (χ2v) is 4.88. The lowest BCUT2D eigenvalue weighted by Gasteiger charge is -2.00. The predicted octanol–water partition coefficient (Wildman–Crippen LogP) is 3.43. The topological polar surface area (TPSA) is 117 Å². The quantitative estimate of drug-likeness (QED) is 0.379. The van der Waals surface area contributed by atoms with Crippen molar-refractivity contribution in [1.82, 2.24) is 0 Å². The number of nitro groups is 1. The number of fused-ring (bicyclic) bond motifs is 1. The van der Waals surface area contributed by atoms with E-state index in [4.69, 9.17) is 4.42 Å². The Kier molecular flexibility index (Phi) is 2.91. The molecule has 0 atom stereocenters. The van der Waals surface area contributed by atoms with Crippen molar-refractivity contribution in [3.8, 4) is 28.6 Å². The van der Waals surface area contributed by atoms with E-state index in [1.54, 1.807) is 0 Å². The van der Waals surface area contributed by atoms with Crippen molar-refractivity contribution in [2.75, 3.05) is 0 Å². The summed E-state index contributed by atoms with van der Waals surface area (Å²) in [6, 6.07) is 6.72. The third-order valence-corrected chi connectivity index (χ3v) is 3.39. The average molecular weight is 301 g/mol. The summed E-state index contributed by atoms with van der Waals surface area (Å²) in [4.78, 5) is 10.7. The largest absolute Gasteiger partial charge is 0.504 e. The number of hydrogen-bond acceptors (Lipinski definition) is 6. The zero-order valence-corrected chi connectivity index (χ0v) is 11.4. The van der Waals surface area contributed by atoms with Gasteiger partial charge in [-0.2, -0.15) is 0 Å². The Hall–Kier alpha value is -3.22. The molecule has 2 aromatic carbocycles. The van der Waals surface area contributed by atoms with Gasteiger partial charge in [-0.1, -0.05) is 0 Å². The Morgan fingerprint density at radius 3 is 2.41 bits per heavy atom. The van der Waals surface area contributed by atoms with Crippen LogP contribution in [0.25, 0.3) is 22.3 Å². The molecule has 0 aliphatic heterocycles. The molecule has 7 heteroatoms. The molecule has 0 saturated heterocycles. The van der Waals surface area contributed by atoms with E-state index in [0.717, 1.165) is 0 Å². The molecule has 112 valence electrons. The molecular formula is C15H11NO6. The van der Waals surface area contributed by atoms with Gasteiger partial charge in [-0.25, -0.2) is 0 Å². The van der Waals surface area contributed by atoms with Gasteiger partial charge in [0.2, 0.25) is 0 Å². The minimum absolute atomic E-state index is 0.000125. The maximum Gasteiger partial charge on any atom is 0.283 e. The summed E-state index contributed by atoms with van der Waals surface area (Å²) in [6.45, 7) is 1.52. The van der Waals surface area contributed by atoms with Crippen molar-refractivity contribution in [2.24, 2.45) is 0 Å². The normalized spacial score (nSPS) is 11.0. The molecule has 22 heavy (non-hydrogen) atoms. The summed E-state index contributed by atoms with van der Waals surface area (Å²) in [6.07, 6.45) is 0. The van der Waals surface area contributed by atoms with Gasteiger partial charge in [0.25, 0.3) is 5.69 Å². The third-order valence-electron chi connectivity index (χ3n) is 3.39. The second-order valence-electron chi connectivity index (χ2n) is 4.88. The molecule has 0 bridgehead atoms. The van der Waals surface area contributed by atoms with Crippen molar-refractivity contribution >= 4 is 16.7 Å². The second kappa shape index (κ2) is 4.66. The molecule has 0 saturated carbocycles. The average Bonchev–Trinajstić information content (AvgIpc) is 2.86. The molecule has 3 aromatic rings. The van der Waals surface area contributed by atoms with Gasteiger partial charge in [0, 0.05) is 11.1 Å². The van der Waals surface area contributed by atoms with Crippen LogP contribution in [0.4, 0.5) is 5.69 Å². The number of phenolic OH excluding ortho intramolecular Hbond substituents is 3. The summed E-state index contributed by atoms with van der Waals surface area (Å²) in [5.41, 5.74) is 0.583. The van der Waals surface area contributed by atoms with E-state index in [1.165, 1.54) is 37.3 Å². The molecule has 0 fully saturated rings. The van der Waals surface area contributed by atoms with Gasteiger partial charge in [0.05, 0.1) is 4.92 Å². The molecule has 0 amide bonds. The van der Waals surface area contributed by atoms with Crippen molar-refractivity contribution in [1.29, 1.82) is 0 Å². The molecule has 1 aromatic heterocycles. The first-order chi connectivity index (χ1) is 10.4. The molecule has 0 radical (unpaired) electrons. The first-order valence-electron chi connectivity index (χ1n) is 6.31. The summed E-state index contributed by atoms with van der Waals surface area (Å²) >= 11 is 0. The fraction of sp³-hybridized carbons (Fsp3) is 0.0667. The van der Waals surface area contributed by atoms with E-state index in [9.17, 15) is 25.4 Å². The maximum atomic E-state index is 11.2. The van der Waals surface area contributed by atoms with Crippen molar-refractivity contribution in [3.63, 3.8) is 0 Å². The number of aromatic hydroxyl groups is 3. The van der Waals surface area contributed by atoms with Crippen LogP contribution in [-0.2, 0) is 0 Å². The number of aryl methyl sites for hydroxylation is 1. The van der Waals surface area contributed by atoms with E-state index >= 15 is 0 Å². The third kappa shape index (κ3) is 1.99. The molecule has 0 aliphatic carbocycles. The van der Waals surface area contributed by atoms with Crippen LogP contribution in [-0.4, -0.2) is 20.2 Å². The molecule has 0 unspecified atom stereocenters. The van der Waals surface area contributed by atoms with Crippen LogP contribution in [0.15, 0.2) is 34.7 Å². The molecule has 0 spiro atoms. The minimum Gasteiger partial charge on any atom is -0.504 e. The minimum atomic E-state index is -0.537. The lowest BCUT2D eigenvalue weighted by atomic mass is 10.1. The Balaban J connectivity index is 2.29. The number of nitro benzene ring substituents is 1. The molecule has 1 heterocycles. The summed E-state index contributed by atoms with van der Waals surface area (Å²) in [7, 11) is 0. The van der Waals surface area contributed by atoms with Crippen LogP contribution in [0.1, 0.15) is 5.56 Å². The number of hydrogen-bond donors (Lipinski definition) is 3. The monoisotopic (exact) mass is 301 g/mol. The highest BCUT2D eigenvalue weighted by molar-refractivity contribution is 5.95. The first kappa shape index (κ1) is 13.7. The van der Waals surface area contributed by atoms with E-state index < -0.39 is 4.92 Å². The standard InChI is InChI=1S/C15H11NO6/c1-7-4-12(19)15-9(14(7)16(20)21)6-13(22-15)8-2-3-10(17)11(18)5-8/h2-6,17-19H,1H3. The molecule has 3 rings (SSSR count). The Bertz CT molecular complexity index is 912. The van der Waals surface area contributed by atoms with E-state index in [2.05, 4.69) is 0 Å². The lowest BCUT2D eigenvalue weighted by Crippen LogP contribution is -1.91. The Morgan fingerprint density at radius 2 is 1.77 bits per heavy atom. The number of rotatable bonds is 2. The van der Waals surface area contributed by atoms with E-state index in [-0.39, 0.29) is 39.7 Å². The summed E-state index contributed by atoms with van der Waals surface area (Å²) < 4.78 is 5.48. The fourth-order valence-corrected chi connectivity index (χ4v) is 2.37.